The van der Waals surface area contributed by atoms with Gasteiger partial charge in [0.15, 0.2) is 5.62 Å². The molecular formula is C66H121AlN5NaO6Si3. The zero-order valence-electron chi connectivity index (χ0n) is 57.5. The van der Waals surface area contributed by atoms with Crippen molar-refractivity contribution in [1.29, 1.82) is 0 Å². The van der Waals surface area contributed by atoms with Crippen LogP contribution in [-0.2, 0) is 28.4 Å². The van der Waals surface area contributed by atoms with Crippen LogP contribution in [0.15, 0.2) is 52.8 Å². The number of fused-ring (bicyclic) bond motifs is 21. The Morgan fingerprint density at radius 2 is 0.659 bits per heavy atom. The van der Waals surface area contributed by atoms with Crippen molar-refractivity contribution in [1.82, 2.24) is 18.9 Å². The molecule has 0 aliphatic carbocycles. The Labute approximate surface area is 540 Å². The molecule has 3 aliphatic heterocycles. The van der Waals surface area contributed by atoms with E-state index in [2.05, 4.69) is 260 Å². The van der Waals surface area contributed by atoms with Gasteiger partial charge in [0.25, 0.3) is 0 Å². The Bertz CT molecular complexity index is 2030. The van der Waals surface area contributed by atoms with Gasteiger partial charge in [0.2, 0.25) is 0 Å². The zero-order chi connectivity index (χ0) is 61.6. The zero-order valence-corrected chi connectivity index (χ0v) is 63.8. The standard InChI is InChI=1S/C27H36N3.C18H36N2O6.C12H28Si2.C9H21Si.Al.Na/c1-17(2)21-11-9-12-22(18(3)4)25(21)29-15-16-30(27(29)28)26-23(19(5)6)13-10-14-24(26)20(7)8;1-7-21-13-14-24-10-4-20-5-11-25-17-15-22-8-2-19(1)3-9-23-16-18-26-12-6-20;1-10(2,3)14(13,11(4,5)6)12(7,8)9;1-8(2,3)10(7)9(4,5)6;;/h9-20H,1-8H3;1-18H2;13H,1-9H3;1-7H3;;/q-1;;-1;;2*+1. The summed E-state index contributed by atoms with van der Waals surface area (Å²) in [5.41, 5.74) is 8.86. The van der Waals surface area contributed by atoms with Crippen LogP contribution in [0, 0.1) is 0 Å². The van der Waals surface area contributed by atoms with E-state index in [0.29, 0.717) is 128 Å². The van der Waals surface area contributed by atoms with Crippen LogP contribution in [0.5, 0.6) is 0 Å². The molecule has 82 heavy (non-hydrogen) atoms. The molecule has 0 spiro atoms. The first-order valence-corrected chi connectivity index (χ1v) is 37.2. The number of imidazole rings is 1. The Morgan fingerprint density at radius 3 is 0.805 bits per heavy atom. The molecule has 3 saturated heterocycles. The average molecular weight is 1210 g/mol. The molecule has 11 nitrogen and oxygen atoms in total. The van der Waals surface area contributed by atoms with Gasteiger partial charge in [-0.1, -0.05) is 217 Å². The van der Waals surface area contributed by atoms with Crippen molar-refractivity contribution in [2.24, 2.45) is 3.98 Å². The Hall–Kier alpha value is -0.687. The van der Waals surface area contributed by atoms with Crippen molar-refractivity contribution < 1.29 is 58.0 Å². The van der Waals surface area contributed by atoms with Gasteiger partial charge < -0.3 is 42.2 Å². The largest absolute Gasteiger partial charge is 1.00 e. The van der Waals surface area contributed by atoms with Crippen LogP contribution in [0.3, 0.4) is 0 Å². The number of benzene rings is 2. The second kappa shape index (κ2) is 37.3. The molecule has 462 valence electrons. The van der Waals surface area contributed by atoms with Gasteiger partial charge in [-0.05, 0) is 56.0 Å². The summed E-state index contributed by atoms with van der Waals surface area (Å²) in [6.45, 7) is 69.5. The van der Waals surface area contributed by atoms with Crippen LogP contribution >= 0.6 is 0 Å². The van der Waals surface area contributed by atoms with Gasteiger partial charge in [0, 0.05) is 51.7 Å². The van der Waals surface area contributed by atoms with Gasteiger partial charge >= 0.3 is 46.1 Å². The van der Waals surface area contributed by atoms with Crippen LogP contribution < -0.4 is 35.2 Å². The summed E-state index contributed by atoms with van der Waals surface area (Å²) >= 11 is 2.60. The summed E-state index contributed by atoms with van der Waals surface area (Å²) in [4.78, 5) is 4.62. The fourth-order valence-corrected chi connectivity index (χ4v) is 21.0. The topological polar surface area (TPSA) is 84.1 Å². The molecule has 2 aromatic carbocycles. The third kappa shape index (κ3) is 25.4. The van der Waals surface area contributed by atoms with E-state index in [9.17, 15) is 0 Å². The molecule has 4 heterocycles. The molecule has 0 unspecified atom stereocenters. The second-order valence-electron chi connectivity index (χ2n) is 28.7. The summed E-state index contributed by atoms with van der Waals surface area (Å²) in [5.74, 6) is 1.71. The third-order valence-corrected chi connectivity index (χ3v) is 35.9. The van der Waals surface area contributed by atoms with Crippen LogP contribution in [-0.4, -0.2) is 180 Å². The van der Waals surface area contributed by atoms with Gasteiger partial charge in [0.05, 0.1) is 99.5 Å². The molecule has 0 N–H and O–H groups in total. The van der Waals surface area contributed by atoms with E-state index in [4.69, 9.17) is 32.4 Å². The van der Waals surface area contributed by atoms with E-state index in [1.54, 1.807) is 0 Å². The van der Waals surface area contributed by atoms with Crippen molar-refractivity contribution in [2.45, 2.75) is 215 Å². The van der Waals surface area contributed by atoms with E-state index in [1.807, 2.05) is 0 Å². The summed E-state index contributed by atoms with van der Waals surface area (Å²) < 4.78 is 43.5. The first kappa shape index (κ1) is 79.3. The van der Waals surface area contributed by atoms with E-state index in [0.717, 1.165) is 44.9 Å². The summed E-state index contributed by atoms with van der Waals surface area (Å²) in [5, 5.41) is 2.36. The van der Waals surface area contributed by atoms with E-state index in [1.165, 1.54) is 33.6 Å². The molecule has 6 rings (SSSR count). The maximum absolute atomic E-state index is 5.70. The molecule has 3 aliphatic rings. The summed E-state index contributed by atoms with van der Waals surface area (Å²) in [6, 6.07) is 13.4. The first-order valence-electron chi connectivity index (χ1n) is 30.9. The molecule has 0 amide bonds. The van der Waals surface area contributed by atoms with E-state index in [-0.39, 0.29) is 38.4 Å². The van der Waals surface area contributed by atoms with Crippen LogP contribution in [0.4, 0.5) is 0 Å². The summed E-state index contributed by atoms with van der Waals surface area (Å²) in [7, 11) is 1.63. The fraction of sp³-hybridized carbons (Fsp3) is 0.773. The molecule has 3 aromatic rings. The SMILES string of the molecule is C1COCCN2CCOCCOCCN(CCO1)CCOCCOCC2.CC(C)(C)[Si]([SiH-])(C(C)(C)C)C(C)(C)C.CC(C)c1cccc(C(C)C)c1-n1ccn(-c2c(C(C)C)cccc2C(C)C)c1=[N][Al].C[Si](C(C)(C)C)C(C)(C)C.[Na+]. The Balaban J connectivity index is 0.000000593. The smallest absolute Gasteiger partial charge is 0.447 e. The minimum atomic E-state index is -1.44. The van der Waals surface area contributed by atoms with Crippen molar-refractivity contribution in [3.63, 3.8) is 0 Å². The summed E-state index contributed by atoms with van der Waals surface area (Å²) in [6.07, 6.45) is 4.36. The quantitative estimate of drug-likeness (QED) is 0.226. The van der Waals surface area contributed by atoms with Crippen LogP contribution in [0.25, 0.3) is 11.4 Å². The normalized spacial score (nSPS) is 18.6. The monoisotopic (exact) mass is 1210 g/mol. The minimum Gasteiger partial charge on any atom is -0.447 e. The van der Waals surface area contributed by atoms with Gasteiger partial charge in [-0.15, -0.1) is 7.59 Å². The maximum Gasteiger partial charge on any atom is 1.00 e. The molecular weight excluding hydrogens is 1090 g/mol. The number of para-hydroxylation sites is 2. The van der Waals surface area contributed by atoms with Crippen molar-refractivity contribution in [2.75, 3.05) is 119 Å². The van der Waals surface area contributed by atoms with Gasteiger partial charge in [-0.3, -0.25) is 18.9 Å². The molecule has 3 fully saturated rings. The Morgan fingerprint density at radius 1 is 0.439 bits per heavy atom. The molecule has 1 aromatic heterocycles. The molecule has 0 saturated carbocycles. The predicted octanol–water partition coefficient (Wildman–Crippen LogP) is 11.4. The van der Waals surface area contributed by atoms with Gasteiger partial charge in [-0.2, -0.15) is 0 Å². The van der Waals surface area contributed by atoms with Crippen LogP contribution in [0.2, 0.25) is 31.7 Å². The van der Waals surface area contributed by atoms with Crippen molar-refractivity contribution in [3.05, 3.63) is 76.7 Å². The molecule has 4 radical (unpaired) electrons. The van der Waals surface area contributed by atoms with E-state index < -0.39 is 7.59 Å². The number of hydrogen-bond acceptors (Lipinski definition) is 9. The third-order valence-electron chi connectivity index (χ3n) is 16.3. The number of nitrogens with zero attached hydrogens (tertiary/aromatic N) is 5. The predicted molar refractivity (Wildman–Crippen MR) is 354 cm³/mol. The number of rotatable bonds is 6. The number of hydrogen-bond donors (Lipinski definition) is 0. The van der Waals surface area contributed by atoms with Gasteiger partial charge in [0.1, 0.15) is 0 Å². The second-order valence-corrected chi connectivity index (χ2v) is 41.9. The first-order chi connectivity index (χ1) is 37.5. The van der Waals surface area contributed by atoms with Crippen LogP contribution in [0.1, 0.15) is 205 Å². The van der Waals surface area contributed by atoms with Gasteiger partial charge in [-0.25, -0.2) is 0 Å². The number of ether oxygens (including phenoxy) is 6. The molecule has 0 atom stereocenters. The Kier molecular flexibility index (Phi) is 36.1. The van der Waals surface area contributed by atoms with Crippen molar-refractivity contribution in [3.8, 4) is 11.4 Å². The fourth-order valence-electron chi connectivity index (χ4n) is 11.7. The molecule has 2 bridgehead atoms. The van der Waals surface area contributed by atoms with Crippen molar-refractivity contribution >= 4 is 42.7 Å². The number of aromatic nitrogens is 2. The van der Waals surface area contributed by atoms with E-state index >= 15 is 0 Å². The minimum absolute atomic E-state index is 0. The average Bonchev–Trinajstić information content (AvgIpc) is 3.79. The maximum atomic E-state index is 5.70. The molecule has 16 heteroatoms.